The Bertz CT molecular complexity index is 353. The van der Waals surface area contributed by atoms with E-state index in [9.17, 15) is 4.57 Å². The van der Waals surface area contributed by atoms with Gasteiger partial charge in [0.15, 0.2) is 0 Å². The van der Waals surface area contributed by atoms with E-state index in [1.807, 2.05) is 0 Å². The highest BCUT2D eigenvalue weighted by atomic mass is 31.1. The Morgan fingerprint density at radius 2 is 1.50 bits per heavy atom. The number of hydrogen-bond donors (Lipinski definition) is 0. The molecule has 2 rings (SSSR count). The summed E-state index contributed by atoms with van der Waals surface area (Å²) in [5.74, 6) is 0.306. The average Bonchev–Trinajstić information content (AvgIpc) is 2.76. The minimum atomic E-state index is -2.67. The largest absolute Gasteiger partial charge is 0.434 e. The lowest BCUT2D eigenvalue weighted by molar-refractivity contribution is 0.321. The summed E-state index contributed by atoms with van der Waals surface area (Å²) in [4.78, 5) is 0. The van der Waals surface area contributed by atoms with Gasteiger partial charge < -0.3 is 17.9 Å². The normalized spacial score (nSPS) is 10.4. The van der Waals surface area contributed by atoms with Crippen molar-refractivity contribution < 1.29 is 22.4 Å². The Kier molecular flexibility index (Phi) is 2.60. The summed E-state index contributed by atoms with van der Waals surface area (Å²) in [6, 6.07) is 6.32. The van der Waals surface area contributed by atoms with E-state index in [-0.39, 0.29) is 11.9 Å². The summed E-state index contributed by atoms with van der Waals surface area (Å²) in [6.07, 6.45) is 2.83. The molecule has 0 aliphatic rings. The van der Waals surface area contributed by atoms with Gasteiger partial charge in [-0.1, -0.05) is 0 Å². The average molecular weight is 214 g/mol. The van der Waals surface area contributed by atoms with Crippen molar-refractivity contribution in [3.63, 3.8) is 0 Å². The molecule has 0 saturated carbocycles. The Labute approximate surface area is 80.2 Å². The summed E-state index contributed by atoms with van der Waals surface area (Å²) >= 11 is 0. The van der Waals surface area contributed by atoms with E-state index in [2.05, 4.69) is 0 Å². The Morgan fingerprint density at radius 3 is 1.86 bits per heavy atom. The SMILES string of the molecule is O=[PH](Oc1ccco1)Oc1ccco1. The van der Waals surface area contributed by atoms with Gasteiger partial charge in [0.05, 0.1) is 12.5 Å². The molecule has 2 heterocycles. The molecule has 74 valence electrons. The van der Waals surface area contributed by atoms with Gasteiger partial charge in [0, 0.05) is 12.1 Å². The molecule has 0 bridgehead atoms. The lowest BCUT2D eigenvalue weighted by Gasteiger charge is -2.01. The molecule has 5 nitrogen and oxygen atoms in total. The second-order valence-corrected chi connectivity index (χ2v) is 3.23. The highest BCUT2D eigenvalue weighted by Gasteiger charge is 2.06. The molecule has 0 N–H and O–H groups in total. The maximum Gasteiger partial charge on any atom is 0.423 e. The molecule has 0 unspecified atom stereocenters. The lowest BCUT2D eigenvalue weighted by atomic mass is 10.7. The molecular formula is C8H7O5P. The van der Waals surface area contributed by atoms with Crippen molar-refractivity contribution in [3.8, 4) is 11.9 Å². The van der Waals surface area contributed by atoms with E-state index >= 15 is 0 Å². The summed E-state index contributed by atoms with van der Waals surface area (Å²) < 4.78 is 30.5. The van der Waals surface area contributed by atoms with E-state index in [0.29, 0.717) is 0 Å². The maximum absolute atomic E-state index is 11.2. The predicted molar refractivity (Wildman–Crippen MR) is 47.7 cm³/mol. The van der Waals surface area contributed by atoms with Crippen molar-refractivity contribution in [2.75, 3.05) is 0 Å². The monoisotopic (exact) mass is 214 g/mol. The predicted octanol–water partition coefficient (Wildman–Crippen LogP) is 2.72. The quantitative estimate of drug-likeness (QED) is 0.732. The first-order valence-electron chi connectivity index (χ1n) is 3.81. The fourth-order valence-electron chi connectivity index (χ4n) is 0.828. The van der Waals surface area contributed by atoms with Gasteiger partial charge in [-0.25, -0.2) is 4.57 Å². The summed E-state index contributed by atoms with van der Waals surface area (Å²) in [6.45, 7) is 0. The maximum atomic E-state index is 11.2. The lowest BCUT2D eigenvalue weighted by Crippen LogP contribution is -1.85. The van der Waals surface area contributed by atoms with Crippen LogP contribution >= 0.6 is 8.25 Å². The number of rotatable bonds is 4. The van der Waals surface area contributed by atoms with E-state index in [0.717, 1.165) is 0 Å². The van der Waals surface area contributed by atoms with Crippen LogP contribution in [-0.2, 0) is 4.57 Å². The topological polar surface area (TPSA) is 61.8 Å². The molecule has 0 aliphatic heterocycles. The molecule has 2 aromatic rings. The first-order chi connectivity index (χ1) is 6.84. The van der Waals surface area contributed by atoms with Crippen molar-refractivity contribution in [2.24, 2.45) is 0 Å². The highest BCUT2D eigenvalue weighted by Crippen LogP contribution is 2.30. The van der Waals surface area contributed by atoms with Crippen LogP contribution in [0, 0.1) is 0 Å². The Morgan fingerprint density at radius 1 is 1.00 bits per heavy atom. The molecule has 0 aromatic carbocycles. The van der Waals surface area contributed by atoms with Gasteiger partial charge in [0.25, 0.3) is 11.9 Å². The summed E-state index contributed by atoms with van der Waals surface area (Å²) in [5, 5.41) is 0. The third kappa shape index (κ3) is 2.20. The van der Waals surface area contributed by atoms with Crippen LogP contribution in [0.3, 0.4) is 0 Å². The molecule has 0 aliphatic carbocycles. The molecule has 0 radical (unpaired) electrons. The van der Waals surface area contributed by atoms with Gasteiger partial charge in [-0.05, 0) is 12.1 Å². The second kappa shape index (κ2) is 4.07. The van der Waals surface area contributed by atoms with E-state index in [1.54, 1.807) is 12.1 Å². The summed E-state index contributed by atoms with van der Waals surface area (Å²) in [7, 11) is -2.67. The Hall–Kier alpha value is -1.61. The molecule has 14 heavy (non-hydrogen) atoms. The van der Waals surface area contributed by atoms with Crippen molar-refractivity contribution in [1.29, 1.82) is 0 Å². The van der Waals surface area contributed by atoms with E-state index in [1.165, 1.54) is 24.7 Å². The second-order valence-electron chi connectivity index (χ2n) is 2.32. The van der Waals surface area contributed by atoms with Crippen LogP contribution < -0.4 is 9.05 Å². The smallest absolute Gasteiger partial charge is 0.423 e. The van der Waals surface area contributed by atoms with Gasteiger partial charge in [-0.15, -0.1) is 0 Å². The van der Waals surface area contributed by atoms with E-state index < -0.39 is 8.25 Å². The third-order valence-corrected chi connectivity index (χ3v) is 2.09. The molecule has 0 fully saturated rings. The zero-order valence-corrected chi connectivity index (χ0v) is 8.01. The van der Waals surface area contributed by atoms with Crippen LogP contribution in [0.4, 0.5) is 0 Å². The third-order valence-electron chi connectivity index (χ3n) is 1.36. The van der Waals surface area contributed by atoms with Crippen LogP contribution in [0.2, 0.25) is 0 Å². The van der Waals surface area contributed by atoms with Crippen LogP contribution in [0.15, 0.2) is 45.6 Å². The fraction of sp³-hybridized carbons (Fsp3) is 0. The van der Waals surface area contributed by atoms with Crippen LogP contribution in [0.1, 0.15) is 0 Å². The summed E-state index contributed by atoms with van der Waals surface area (Å²) in [5.41, 5.74) is 0. The van der Waals surface area contributed by atoms with Crippen LogP contribution in [-0.4, -0.2) is 0 Å². The molecule has 0 amide bonds. The van der Waals surface area contributed by atoms with Crippen molar-refractivity contribution in [2.45, 2.75) is 0 Å². The zero-order chi connectivity index (χ0) is 9.80. The standard InChI is InChI=1S/C8H7O5P/c9-14(12-7-3-1-5-10-7)13-8-4-2-6-11-8/h1-6,14H. The van der Waals surface area contributed by atoms with Gasteiger partial charge in [-0.3, -0.25) is 0 Å². The van der Waals surface area contributed by atoms with Gasteiger partial charge in [0.2, 0.25) is 0 Å². The molecule has 0 atom stereocenters. The Balaban J connectivity index is 1.91. The van der Waals surface area contributed by atoms with Gasteiger partial charge in [0.1, 0.15) is 0 Å². The minimum Gasteiger partial charge on any atom is -0.434 e. The molecule has 0 spiro atoms. The first kappa shape index (κ1) is 8.97. The molecule has 6 heteroatoms. The first-order valence-corrected chi connectivity index (χ1v) is 5.04. The highest BCUT2D eigenvalue weighted by molar-refractivity contribution is 7.34. The van der Waals surface area contributed by atoms with Crippen molar-refractivity contribution >= 4 is 8.25 Å². The van der Waals surface area contributed by atoms with E-state index in [4.69, 9.17) is 17.9 Å². The van der Waals surface area contributed by atoms with Crippen LogP contribution in [0.5, 0.6) is 11.9 Å². The fourth-order valence-corrected chi connectivity index (χ4v) is 1.43. The van der Waals surface area contributed by atoms with Gasteiger partial charge in [-0.2, -0.15) is 0 Å². The minimum absolute atomic E-state index is 0.153. The van der Waals surface area contributed by atoms with Crippen LogP contribution in [0.25, 0.3) is 0 Å². The zero-order valence-electron chi connectivity index (χ0n) is 7.01. The van der Waals surface area contributed by atoms with Crippen molar-refractivity contribution in [3.05, 3.63) is 36.8 Å². The molecule has 0 saturated heterocycles. The molecular weight excluding hydrogens is 207 g/mol. The van der Waals surface area contributed by atoms with Crippen molar-refractivity contribution in [1.82, 2.24) is 0 Å². The number of hydrogen-bond acceptors (Lipinski definition) is 5. The van der Waals surface area contributed by atoms with Gasteiger partial charge >= 0.3 is 8.25 Å². The number of furan rings is 2. The molecule has 2 aromatic heterocycles.